The molecule has 0 aliphatic carbocycles. The highest BCUT2D eigenvalue weighted by molar-refractivity contribution is 6.07. The van der Waals surface area contributed by atoms with Crippen LogP contribution in [-0.2, 0) is 4.74 Å². The van der Waals surface area contributed by atoms with Gasteiger partial charge in [0.25, 0.3) is 5.91 Å². The number of anilines is 3. The minimum absolute atomic E-state index is 0.249. The van der Waals surface area contributed by atoms with E-state index in [9.17, 15) is 9.59 Å². The van der Waals surface area contributed by atoms with Crippen molar-refractivity contribution in [3.8, 4) is 0 Å². The van der Waals surface area contributed by atoms with E-state index in [0.717, 1.165) is 11.4 Å². The summed E-state index contributed by atoms with van der Waals surface area (Å²) in [5, 5.41) is 2.75. The Labute approximate surface area is 163 Å². The van der Waals surface area contributed by atoms with Gasteiger partial charge in [0.15, 0.2) is 0 Å². The first kappa shape index (κ1) is 19.1. The lowest BCUT2D eigenvalue weighted by atomic mass is 10.1. The van der Waals surface area contributed by atoms with E-state index in [1.807, 2.05) is 48.3 Å². The van der Waals surface area contributed by atoms with Gasteiger partial charge in [-0.1, -0.05) is 30.3 Å². The van der Waals surface area contributed by atoms with E-state index in [1.165, 1.54) is 0 Å². The number of aromatic nitrogens is 1. The second-order valence-electron chi connectivity index (χ2n) is 6.01. The zero-order chi connectivity index (χ0) is 19.9. The van der Waals surface area contributed by atoms with E-state index in [2.05, 4.69) is 10.3 Å². The van der Waals surface area contributed by atoms with Crippen molar-refractivity contribution in [2.24, 2.45) is 0 Å². The van der Waals surface area contributed by atoms with E-state index in [0.29, 0.717) is 11.3 Å². The molecule has 6 heteroatoms. The van der Waals surface area contributed by atoms with Gasteiger partial charge in [0.1, 0.15) is 5.69 Å². The van der Waals surface area contributed by atoms with Crippen molar-refractivity contribution >= 4 is 28.9 Å². The van der Waals surface area contributed by atoms with Gasteiger partial charge < -0.3 is 15.0 Å². The molecule has 0 aliphatic heterocycles. The fourth-order valence-electron chi connectivity index (χ4n) is 2.72. The Morgan fingerprint density at radius 1 is 1.00 bits per heavy atom. The Bertz CT molecular complexity index is 974. The van der Waals surface area contributed by atoms with Crippen LogP contribution >= 0.6 is 0 Å². The molecular weight excluding hydrogens is 354 g/mol. The highest BCUT2D eigenvalue weighted by Crippen LogP contribution is 2.24. The van der Waals surface area contributed by atoms with Gasteiger partial charge >= 0.3 is 5.97 Å². The summed E-state index contributed by atoms with van der Waals surface area (Å²) in [7, 11) is 1.92. The molecule has 3 aromatic rings. The molecule has 0 bridgehead atoms. The maximum atomic E-state index is 12.7. The number of hydrogen-bond acceptors (Lipinski definition) is 5. The van der Waals surface area contributed by atoms with Crippen molar-refractivity contribution in [2.45, 2.75) is 6.92 Å². The largest absolute Gasteiger partial charge is 0.462 e. The number of benzene rings is 2. The van der Waals surface area contributed by atoms with Gasteiger partial charge in [0.05, 0.1) is 17.9 Å². The van der Waals surface area contributed by atoms with E-state index in [1.54, 1.807) is 43.5 Å². The summed E-state index contributed by atoms with van der Waals surface area (Å²) in [5.74, 6) is -0.885. The quantitative estimate of drug-likeness (QED) is 0.651. The number of ether oxygens (including phenoxy) is 1. The van der Waals surface area contributed by atoms with Gasteiger partial charge in [-0.2, -0.15) is 0 Å². The number of pyridine rings is 1. The van der Waals surface area contributed by atoms with Crippen molar-refractivity contribution in [1.82, 2.24) is 4.98 Å². The summed E-state index contributed by atoms with van der Waals surface area (Å²) < 4.78 is 5.04. The third-order valence-corrected chi connectivity index (χ3v) is 4.18. The fourth-order valence-corrected chi connectivity index (χ4v) is 2.72. The summed E-state index contributed by atoms with van der Waals surface area (Å²) in [6.07, 6.45) is 1.58. The van der Waals surface area contributed by atoms with Crippen molar-refractivity contribution in [3.05, 3.63) is 84.2 Å². The molecule has 1 aromatic heterocycles. The average molecular weight is 375 g/mol. The Morgan fingerprint density at radius 2 is 1.71 bits per heavy atom. The third-order valence-electron chi connectivity index (χ3n) is 4.18. The maximum absolute atomic E-state index is 12.7. The molecule has 1 amide bonds. The average Bonchev–Trinajstić information content (AvgIpc) is 2.74. The van der Waals surface area contributed by atoms with Crippen LogP contribution in [0.25, 0.3) is 0 Å². The van der Waals surface area contributed by atoms with Gasteiger partial charge in [0.2, 0.25) is 0 Å². The lowest BCUT2D eigenvalue weighted by Gasteiger charge is -2.19. The standard InChI is InChI=1S/C22H21N3O3/c1-3-28-22(27)18-11-7-8-12-19(18)24-21(26)20-15-17(13-14-23-20)25(2)16-9-5-4-6-10-16/h4-15H,3H2,1-2H3,(H,24,26). The molecule has 0 saturated heterocycles. The van der Waals surface area contributed by atoms with Crippen LogP contribution in [0, 0.1) is 0 Å². The van der Waals surface area contributed by atoms with Crippen LogP contribution in [-0.4, -0.2) is 30.5 Å². The molecule has 142 valence electrons. The lowest BCUT2D eigenvalue weighted by molar-refractivity contribution is 0.0527. The minimum Gasteiger partial charge on any atom is -0.462 e. The molecule has 3 rings (SSSR count). The van der Waals surface area contributed by atoms with Crippen LogP contribution in [0.1, 0.15) is 27.8 Å². The summed E-state index contributed by atoms with van der Waals surface area (Å²) >= 11 is 0. The molecule has 0 spiro atoms. The van der Waals surface area contributed by atoms with Crippen LogP contribution in [0.5, 0.6) is 0 Å². The van der Waals surface area contributed by atoms with Crippen LogP contribution in [0.4, 0.5) is 17.1 Å². The second-order valence-corrected chi connectivity index (χ2v) is 6.01. The summed E-state index contributed by atoms with van der Waals surface area (Å²) in [6, 6.07) is 20.1. The van der Waals surface area contributed by atoms with E-state index in [-0.39, 0.29) is 12.3 Å². The first-order valence-corrected chi connectivity index (χ1v) is 8.92. The monoisotopic (exact) mass is 375 g/mol. The van der Waals surface area contributed by atoms with Crippen molar-refractivity contribution in [1.29, 1.82) is 0 Å². The van der Waals surface area contributed by atoms with Gasteiger partial charge in [-0.15, -0.1) is 0 Å². The molecule has 1 N–H and O–H groups in total. The Morgan fingerprint density at radius 3 is 2.46 bits per heavy atom. The zero-order valence-corrected chi connectivity index (χ0v) is 15.8. The predicted octanol–water partition coefficient (Wildman–Crippen LogP) is 4.28. The highest BCUT2D eigenvalue weighted by Gasteiger charge is 2.16. The summed E-state index contributed by atoms with van der Waals surface area (Å²) in [5.41, 5.74) is 2.75. The third kappa shape index (κ3) is 4.35. The molecule has 0 atom stereocenters. The number of para-hydroxylation sites is 2. The van der Waals surface area contributed by atoms with Gasteiger partial charge in [-0.3, -0.25) is 9.78 Å². The van der Waals surface area contributed by atoms with E-state index >= 15 is 0 Å². The second kappa shape index (κ2) is 8.81. The molecule has 0 unspecified atom stereocenters. The molecule has 28 heavy (non-hydrogen) atoms. The van der Waals surface area contributed by atoms with Crippen molar-refractivity contribution < 1.29 is 14.3 Å². The number of carbonyl (C=O) groups is 2. The Balaban J connectivity index is 1.82. The Kier molecular flexibility index (Phi) is 6.01. The molecule has 1 heterocycles. The number of esters is 1. The first-order chi connectivity index (χ1) is 13.6. The number of rotatable bonds is 6. The minimum atomic E-state index is -0.482. The van der Waals surface area contributed by atoms with Crippen LogP contribution in [0.2, 0.25) is 0 Å². The number of hydrogen-bond donors (Lipinski definition) is 1. The van der Waals surface area contributed by atoms with Gasteiger partial charge in [0, 0.05) is 24.6 Å². The number of nitrogens with zero attached hydrogens (tertiary/aromatic N) is 2. The number of carbonyl (C=O) groups excluding carboxylic acids is 2. The van der Waals surface area contributed by atoms with E-state index in [4.69, 9.17) is 4.74 Å². The first-order valence-electron chi connectivity index (χ1n) is 8.92. The highest BCUT2D eigenvalue weighted by atomic mass is 16.5. The maximum Gasteiger partial charge on any atom is 0.340 e. The molecule has 0 saturated carbocycles. The number of amides is 1. The molecule has 0 radical (unpaired) electrons. The van der Waals surface area contributed by atoms with Crippen molar-refractivity contribution in [3.63, 3.8) is 0 Å². The molecule has 0 fully saturated rings. The van der Waals surface area contributed by atoms with Crippen LogP contribution in [0.15, 0.2) is 72.9 Å². The zero-order valence-electron chi connectivity index (χ0n) is 15.8. The van der Waals surface area contributed by atoms with Crippen LogP contribution in [0.3, 0.4) is 0 Å². The predicted molar refractivity (Wildman–Crippen MR) is 109 cm³/mol. The molecule has 0 aliphatic rings. The molecule has 6 nitrogen and oxygen atoms in total. The molecular formula is C22H21N3O3. The number of nitrogens with one attached hydrogen (secondary N) is 1. The van der Waals surface area contributed by atoms with Gasteiger partial charge in [-0.25, -0.2) is 4.79 Å². The fraction of sp³-hybridized carbons (Fsp3) is 0.136. The summed E-state index contributed by atoms with van der Waals surface area (Å²) in [4.78, 5) is 30.9. The smallest absolute Gasteiger partial charge is 0.340 e. The lowest BCUT2D eigenvalue weighted by Crippen LogP contribution is -2.18. The van der Waals surface area contributed by atoms with E-state index < -0.39 is 11.9 Å². The normalized spacial score (nSPS) is 10.2. The van der Waals surface area contributed by atoms with Crippen LogP contribution < -0.4 is 10.2 Å². The topological polar surface area (TPSA) is 71.5 Å². The SMILES string of the molecule is CCOC(=O)c1ccccc1NC(=O)c1cc(N(C)c2ccccc2)ccn1. The van der Waals surface area contributed by atoms with Gasteiger partial charge in [-0.05, 0) is 43.3 Å². The molecule has 2 aromatic carbocycles. The summed E-state index contributed by atoms with van der Waals surface area (Å²) in [6.45, 7) is 1.99. The Hall–Kier alpha value is -3.67. The van der Waals surface area contributed by atoms with Crippen molar-refractivity contribution in [2.75, 3.05) is 23.9 Å².